The molecule has 5 heteroatoms. The summed E-state index contributed by atoms with van der Waals surface area (Å²) in [6.07, 6.45) is -0.555. The van der Waals surface area contributed by atoms with E-state index in [1.807, 2.05) is 20.8 Å². The zero-order chi connectivity index (χ0) is 11.5. The highest BCUT2D eigenvalue weighted by Crippen LogP contribution is 2.18. The highest BCUT2D eigenvalue weighted by Gasteiger charge is 2.22. The molecule has 1 aromatic heterocycles. The Hall–Kier alpha value is -0.940. The third-order valence-electron chi connectivity index (χ3n) is 2.12. The number of nitrogens with zero attached hydrogens (tertiary/aromatic N) is 1. The molecule has 1 atom stereocenters. The first-order chi connectivity index (χ1) is 6.91. The number of rotatable bonds is 3. The standard InChI is InChI=1S/C10H16N2O2S/c1-10(2,3)8(13)4-11-9(14)7-5-15-6-12-7/h5-6,8,13H,4H2,1-3H3,(H,11,14). The van der Waals surface area contributed by atoms with Gasteiger partial charge in [0.25, 0.3) is 5.91 Å². The molecule has 0 saturated heterocycles. The molecule has 1 heterocycles. The molecule has 0 aliphatic rings. The monoisotopic (exact) mass is 228 g/mol. The van der Waals surface area contributed by atoms with Crippen LogP contribution in [0.15, 0.2) is 10.9 Å². The second-order valence-corrected chi connectivity index (χ2v) is 5.18. The molecule has 0 aromatic carbocycles. The summed E-state index contributed by atoms with van der Waals surface area (Å²) in [4.78, 5) is 15.3. The molecular weight excluding hydrogens is 212 g/mol. The average Bonchev–Trinajstić information content (AvgIpc) is 2.64. The molecule has 0 fully saturated rings. The fraction of sp³-hybridized carbons (Fsp3) is 0.600. The predicted octanol–water partition coefficient (Wildman–Crippen LogP) is 1.28. The number of aliphatic hydroxyl groups is 1. The van der Waals surface area contributed by atoms with Crippen LogP contribution in [-0.2, 0) is 0 Å². The molecule has 1 amide bonds. The molecular formula is C10H16N2O2S. The topological polar surface area (TPSA) is 62.2 Å². The lowest BCUT2D eigenvalue weighted by Gasteiger charge is -2.25. The lowest BCUT2D eigenvalue weighted by atomic mass is 9.89. The van der Waals surface area contributed by atoms with Crippen molar-refractivity contribution in [3.05, 3.63) is 16.6 Å². The van der Waals surface area contributed by atoms with Crippen molar-refractivity contribution in [2.75, 3.05) is 6.54 Å². The van der Waals surface area contributed by atoms with Gasteiger partial charge in [0.05, 0.1) is 11.6 Å². The molecule has 2 N–H and O–H groups in total. The number of hydrogen-bond donors (Lipinski definition) is 2. The third-order valence-corrected chi connectivity index (χ3v) is 2.71. The van der Waals surface area contributed by atoms with E-state index in [0.29, 0.717) is 5.69 Å². The van der Waals surface area contributed by atoms with Crippen LogP contribution in [0.5, 0.6) is 0 Å². The highest BCUT2D eigenvalue weighted by molar-refractivity contribution is 7.07. The quantitative estimate of drug-likeness (QED) is 0.819. The molecule has 0 bridgehead atoms. The van der Waals surface area contributed by atoms with E-state index in [9.17, 15) is 9.90 Å². The van der Waals surface area contributed by atoms with Crippen molar-refractivity contribution >= 4 is 17.2 Å². The zero-order valence-electron chi connectivity index (χ0n) is 9.15. The smallest absolute Gasteiger partial charge is 0.270 e. The maximum absolute atomic E-state index is 11.5. The highest BCUT2D eigenvalue weighted by atomic mass is 32.1. The lowest BCUT2D eigenvalue weighted by molar-refractivity contribution is 0.0585. The van der Waals surface area contributed by atoms with Crippen LogP contribution in [0.3, 0.4) is 0 Å². The molecule has 0 radical (unpaired) electrons. The maximum Gasteiger partial charge on any atom is 0.270 e. The van der Waals surface area contributed by atoms with Gasteiger partial charge in [-0.3, -0.25) is 4.79 Å². The van der Waals surface area contributed by atoms with E-state index in [-0.39, 0.29) is 17.9 Å². The Morgan fingerprint density at radius 3 is 2.80 bits per heavy atom. The van der Waals surface area contributed by atoms with E-state index < -0.39 is 6.10 Å². The Labute approximate surface area is 93.4 Å². The largest absolute Gasteiger partial charge is 0.391 e. The number of hydrogen-bond acceptors (Lipinski definition) is 4. The van der Waals surface area contributed by atoms with Gasteiger partial charge in [0.1, 0.15) is 5.69 Å². The van der Waals surface area contributed by atoms with Crippen LogP contribution in [0.2, 0.25) is 0 Å². The average molecular weight is 228 g/mol. The van der Waals surface area contributed by atoms with Crippen molar-refractivity contribution in [2.24, 2.45) is 5.41 Å². The van der Waals surface area contributed by atoms with Crippen molar-refractivity contribution in [1.29, 1.82) is 0 Å². The molecule has 4 nitrogen and oxygen atoms in total. The summed E-state index contributed by atoms with van der Waals surface area (Å²) < 4.78 is 0. The second-order valence-electron chi connectivity index (χ2n) is 4.47. The van der Waals surface area contributed by atoms with Crippen molar-refractivity contribution in [1.82, 2.24) is 10.3 Å². The summed E-state index contributed by atoms with van der Waals surface area (Å²) in [6, 6.07) is 0. The van der Waals surface area contributed by atoms with E-state index in [2.05, 4.69) is 10.3 Å². The summed E-state index contributed by atoms with van der Waals surface area (Å²) >= 11 is 1.37. The van der Waals surface area contributed by atoms with Crippen LogP contribution in [0, 0.1) is 5.41 Å². The Balaban J connectivity index is 2.42. The molecule has 0 aliphatic heterocycles. The number of thiazole rings is 1. The van der Waals surface area contributed by atoms with Crippen LogP contribution in [-0.4, -0.2) is 28.6 Å². The fourth-order valence-corrected chi connectivity index (χ4v) is 1.44. The van der Waals surface area contributed by atoms with Crippen molar-refractivity contribution in [3.63, 3.8) is 0 Å². The first kappa shape index (κ1) is 12.1. The van der Waals surface area contributed by atoms with Gasteiger partial charge < -0.3 is 10.4 Å². The van der Waals surface area contributed by atoms with E-state index >= 15 is 0 Å². The van der Waals surface area contributed by atoms with Gasteiger partial charge in [-0.05, 0) is 5.41 Å². The molecule has 84 valence electrons. The Morgan fingerprint density at radius 1 is 1.67 bits per heavy atom. The van der Waals surface area contributed by atoms with E-state index in [4.69, 9.17) is 0 Å². The van der Waals surface area contributed by atoms with Crippen LogP contribution < -0.4 is 5.32 Å². The fourth-order valence-electron chi connectivity index (χ4n) is 0.911. The molecule has 1 unspecified atom stereocenters. The molecule has 1 rings (SSSR count). The molecule has 0 spiro atoms. The molecule has 0 saturated carbocycles. The maximum atomic E-state index is 11.5. The van der Waals surface area contributed by atoms with E-state index in [1.54, 1.807) is 10.9 Å². The van der Waals surface area contributed by atoms with Crippen molar-refractivity contribution in [2.45, 2.75) is 26.9 Å². The van der Waals surface area contributed by atoms with E-state index in [0.717, 1.165) is 0 Å². The van der Waals surface area contributed by atoms with Gasteiger partial charge in [0, 0.05) is 11.9 Å². The van der Waals surface area contributed by atoms with Gasteiger partial charge in [-0.2, -0.15) is 0 Å². The SMILES string of the molecule is CC(C)(C)C(O)CNC(=O)c1cscn1. The molecule has 1 aromatic rings. The van der Waals surface area contributed by atoms with Gasteiger partial charge in [-0.25, -0.2) is 4.98 Å². The summed E-state index contributed by atoms with van der Waals surface area (Å²) in [5, 5.41) is 14.0. The number of carbonyl (C=O) groups is 1. The third kappa shape index (κ3) is 3.60. The minimum Gasteiger partial charge on any atom is -0.391 e. The first-order valence-corrected chi connectivity index (χ1v) is 5.70. The molecule has 0 aliphatic carbocycles. The van der Waals surface area contributed by atoms with Gasteiger partial charge in [-0.15, -0.1) is 11.3 Å². The normalized spacial score (nSPS) is 13.6. The Bertz CT molecular complexity index is 317. The van der Waals surface area contributed by atoms with Crippen LogP contribution in [0.25, 0.3) is 0 Å². The predicted molar refractivity (Wildman–Crippen MR) is 59.9 cm³/mol. The summed E-state index contributed by atoms with van der Waals surface area (Å²) in [5.41, 5.74) is 1.78. The van der Waals surface area contributed by atoms with Crippen molar-refractivity contribution < 1.29 is 9.90 Å². The Kier molecular flexibility index (Phi) is 3.82. The van der Waals surface area contributed by atoms with Gasteiger partial charge in [0.2, 0.25) is 0 Å². The van der Waals surface area contributed by atoms with Gasteiger partial charge in [-0.1, -0.05) is 20.8 Å². The van der Waals surface area contributed by atoms with Crippen LogP contribution in [0.1, 0.15) is 31.3 Å². The zero-order valence-corrected chi connectivity index (χ0v) is 9.97. The number of amides is 1. The van der Waals surface area contributed by atoms with Crippen molar-refractivity contribution in [3.8, 4) is 0 Å². The Morgan fingerprint density at radius 2 is 2.33 bits per heavy atom. The van der Waals surface area contributed by atoms with Crippen LogP contribution in [0.4, 0.5) is 0 Å². The number of nitrogens with one attached hydrogen (secondary N) is 1. The minimum absolute atomic E-state index is 0.227. The minimum atomic E-state index is -0.555. The molecule has 15 heavy (non-hydrogen) atoms. The first-order valence-electron chi connectivity index (χ1n) is 4.75. The number of aliphatic hydroxyl groups excluding tert-OH is 1. The number of aromatic nitrogens is 1. The summed E-state index contributed by atoms with van der Waals surface area (Å²) in [6.45, 7) is 6.02. The van der Waals surface area contributed by atoms with Gasteiger partial charge >= 0.3 is 0 Å². The lowest BCUT2D eigenvalue weighted by Crippen LogP contribution is -2.39. The summed E-state index contributed by atoms with van der Waals surface area (Å²) in [5.74, 6) is -0.237. The summed E-state index contributed by atoms with van der Waals surface area (Å²) in [7, 11) is 0. The second kappa shape index (κ2) is 4.72. The number of carbonyl (C=O) groups excluding carboxylic acids is 1. The van der Waals surface area contributed by atoms with Crippen LogP contribution >= 0.6 is 11.3 Å². The van der Waals surface area contributed by atoms with Gasteiger partial charge in [0.15, 0.2) is 0 Å². The van der Waals surface area contributed by atoms with E-state index in [1.165, 1.54) is 11.3 Å².